The molecule has 4 rings (SSSR count). The first-order valence-electron chi connectivity index (χ1n) is 13.0. The molecule has 5 N–H and O–H groups in total. The van der Waals surface area contributed by atoms with Gasteiger partial charge in [-0.05, 0) is 61.1 Å². The predicted molar refractivity (Wildman–Crippen MR) is 132 cm³/mol. The molecule has 3 aliphatic rings. The number of carbonyl (C=O) groups is 2. The van der Waals surface area contributed by atoms with Crippen LogP contribution in [0, 0.1) is 16.7 Å². The first-order chi connectivity index (χ1) is 16.9. The summed E-state index contributed by atoms with van der Waals surface area (Å²) in [4.78, 5) is 27.2. The number of ether oxygens (including phenoxy) is 1. The molecule has 0 spiro atoms. The van der Waals surface area contributed by atoms with E-state index >= 15 is 0 Å². The molecule has 6 atom stereocenters. The van der Waals surface area contributed by atoms with Crippen LogP contribution in [0.25, 0.3) is 0 Å². The van der Waals surface area contributed by atoms with Gasteiger partial charge < -0.3 is 30.5 Å². The Labute approximate surface area is 212 Å². The van der Waals surface area contributed by atoms with Crippen molar-refractivity contribution in [1.82, 2.24) is 10.2 Å². The van der Waals surface area contributed by atoms with Gasteiger partial charge in [0.15, 0.2) is 11.5 Å². The van der Waals surface area contributed by atoms with Crippen molar-refractivity contribution >= 4 is 11.9 Å². The number of hydrogen-bond donors (Lipinski definition) is 5. The van der Waals surface area contributed by atoms with E-state index in [0.29, 0.717) is 24.4 Å². The van der Waals surface area contributed by atoms with Crippen molar-refractivity contribution in [3.63, 3.8) is 0 Å². The van der Waals surface area contributed by atoms with Gasteiger partial charge in [0, 0.05) is 31.3 Å². The number of carbonyl (C=O) groups excluding carboxylic acids is 2. The predicted octanol–water partition coefficient (Wildman–Crippen LogP) is 2.05. The molecule has 0 radical (unpaired) electrons. The molecule has 9 heteroatoms. The van der Waals surface area contributed by atoms with Gasteiger partial charge in [-0.25, -0.2) is 0 Å². The molecule has 3 unspecified atom stereocenters. The topological polar surface area (TPSA) is 140 Å². The summed E-state index contributed by atoms with van der Waals surface area (Å²) in [6.07, 6.45) is 2.42. The largest absolute Gasteiger partial charge is 0.504 e. The molecule has 9 nitrogen and oxygen atoms in total. The van der Waals surface area contributed by atoms with E-state index in [-0.39, 0.29) is 53.8 Å². The number of nitrogens with one attached hydrogen (secondary N) is 1. The standard InChI is InChI=1S/C27H40N2O7/c1-26(2)17-8-10-27(26,3)22(15-17)36-25(35)18-5-4-12-29(18)23(33)9-11-28-24(34)21(32)14-16-6-7-19(30)20(31)13-16/h6-7,13,17-18,21-23,30-33H,4-5,8-12,14-15H2,1-3H3,(H,28,34)/t17?,18-,21+,22?,23?,27+/m0/s1. The molecule has 1 amide bonds. The fraction of sp³-hybridized carbons (Fsp3) is 0.704. The van der Waals surface area contributed by atoms with E-state index in [4.69, 9.17) is 4.74 Å². The molecular weight excluding hydrogens is 464 g/mol. The fourth-order valence-corrected chi connectivity index (χ4v) is 6.55. The molecule has 0 aromatic heterocycles. The van der Waals surface area contributed by atoms with Gasteiger partial charge in [0.25, 0.3) is 0 Å². The van der Waals surface area contributed by atoms with Crippen molar-refractivity contribution in [3.05, 3.63) is 23.8 Å². The lowest BCUT2D eigenvalue weighted by Crippen LogP contribution is -2.48. The van der Waals surface area contributed by atoms with Crippen LogP contribution in [0.3, 0.4) is 0 Å². The number of phenolic OH excluding ortho intramolecular Hbond substituents is 2. The van der Waals surface area contributed by atoms with E-state index in [0.717, 1.165) is 19.3 Å². The summed E-state index contributed by atoms with van der Waals surface area (Å²) in [7, 11) is 0. The van der Waals surface area contributed by atoms with E-state index in [1.807, 2.05) is 0 Å². The minimum absolute atomic E-state index is 0.0145. The Kier molecular flexibility index (Phi) is 7.55. The molecule has 2 saturated carbocycles. The summed E-state index contributed by atoms with van der Waals surface area (Å²) in [5, 5.41) is 42.5. The molecule has 3 fully saturated rings. The van der Waals surface area contributed by atoms with E-state index in [1.165, 1.54) is 24.6 Å². The first-order valence-corrected chi connectivity index (χ1v) is 13.0. The first kappa shape index (κ1) is 26.7. The van der Waals surface area contributed by atoms with Crippen LogP contribution in [-0.2, 0) is 20.7 Å². The fourth-order valence-electron chi connectivity index (χ4n) is 6.55. The molecule has 1 aromatic rings. The average Bonchev–Trinajstić information content (AvgIpc) is 3.45. The minimum Gasteiger partial charge on any atom is -0.504 e. The zero-order valence-corrected chi connectivity index (χ0v) is 21.4. The lowest BCUT2D eigenvalue weighted by molar-refractivity contribution is -0.166. The van der Waals surface area contributed by atoms with Crippen LogP contribution < -0.4 is 5.32 Å². The second-order valence-corrected chi connectivity index (χ2v) is 11.5. The number of benzene rings is 1. The number of aliphatic hydroxyl groups is 2. The average molecular weight is 505 g/mol. The van der Waals surface area contributed by atoms with E-state index < -0.39 is 24.3 Å². The zero-order chi connectivity index (χ0) is 26.3. The van der Waals surface area contributed by atoms with Crippen molar-refractivity contribution in [2.24, 2.45) is 16.7 Å². The maximum Gasteiger partial charge on any atom is 0.323 e. The second kappa shape index (κ2) is 10.2. The number of aromatic hydroxyl groups is 2. The highest BCUT2D eigenvalue weighted by atomic mass is 16.5. The Morgan fingerprint density at radius 1 is 1.17 bits per heavy atom. The van der Waals surface area contributed by atoms with Crippen molar-refractivity contribution in [2.75, 3.05) is 13.1 Å². The smallest absolute Gasteiger partial charge is 0.323 e. The van der Waals surface area contributed by atoms with Gasteiger partial charge in [0.2, 0.25) is 5.91 Å². The van der Waals surface area contributed by atoms with Gasteiger partial charge >= 0.3 is 5.97 Å². The molecule has 1 aromatic carbocycles. The van der Waals surface area contributed by atoms with Crippen LogP contribution in [0.5, 0.6) is 11.5 Å². The van der Waals surface area contributed by atoms with Crippen LogP contribution in [0.4, 0.5) is 0 Å². The number of fused-ring (bicyclic) bond motifs is 2. The Bertz CT molecular complexity index is 983. The van der Waals surface area contributed by atoms with Gasteiger partial charge in [-0.15, -0.1) is 0 Å². The Morgan fingerprint density at radius 2 is 1.92 bits per heavy atom. The number of aliphatic hydroxyl groups excluding tert-OH is 2. The highest BCUT2D eigenvalue weighted by Crippen LogP contribution is 2.66. The highest BCUT2D eigenvalue weighted by molar-refractivity contribution is 5.80. The van der Waals surface area contributed by atoms with Gasteiger partial charge in [-0.3, -0.25) is 14.5 Å². The maximum atomic E-state index is 13.1. The van der Waals surface area contributed by atoms with Crippen molar-refractivity contribution in [1.29, 1.82) is 0 Å². The van der Waals surface area contributed by atoms with Crippen LogP contribution in [0.15, 0.2) is 18.2 Å². The van der Waals surface area contributed by atoms with Crippen molar-refractivity contribution in [2.45, 2.75) is 90.2 Å². The lowest BCUT2D eigenvalue weighted by Gasteiger charge is -2.39. The normalized spacial score (nSPS) is 30.8. The summed E-state index contributed by atoms with van der Waals surface area (Å²) in [5.41, 5.74) is 0.636. The summed E-state index contributed by atoms with van der Waals surface area (Å²) in [6.45, 7) is 7.51. The Hall–Kier alpha value is -2.36. The van der Waals surface area contributed by atoms with Gasteiger partial charge in [-0.2, -0.15) is 0 Å². The van der Waals surface area contributed by atoms with Crippen LogP contribution in [-0.4, -0.2) is 74.8 Å². The van der Waals surface area contributed by atoms with E-state index in [9.17, 15) is 30.0 Å². The minimum atomic E-state index is -1.34. The van der Waals surface area contributed by atoms with Crippen molar-refractivity contribution < 1.29 is 34.8 Å². The molecule has 1 aliphatic heterocycles. The van der Waals surface area contributed by atoms with E-state index in [2.05, 4.69) is 26.1 Å². The molecular formula is C27H40N2O7. The summed E-state index contributed by atoms with van der Waals surface area (Å²) < 4.78 is 6.07. The summed E-state index contributed by atoms with van der Waals surface area (Å²) in [5.74, 6) is -0.884. The number of hydrogen-bond acceptors (Lipinski definition) is 8. The molecule has 1 saturated heterocycles. The number of amides is 1. The third kappa shape index (κ3) is 4.93. The second-order valence-electron chi connectivity index (χ2n) is 11.5. The molecule has 2 aliphatic carbocycles. The molecule has 2 bridgehead atoms. The summed E-state index contributed by atoms with van der Waals surface area (Å²) in [6, 6.07) is 3.61. The monoisotopic (exact) mass is 504 g/mol. The van der Waals surface area contributed by atoms with Gasteiger partial charge in [-0.1, -0.05) is 26.8 Å². The molecule has 36 heavy (non-hydrogen) atoms. The Balaban J connectivity index is 1.24. The van der Waals surface area contributed by atoms with Crippen LogP contribution >= 0.6 is 0 Å². The van der Waals surface area contributed by atoms with Crippen LogP contribution in [0.2, 0.25) is 0 Å². The number of rotatable bonds is 9. The zero-order valence-electron chi connectivity index (χ0n) is 21.4. The quantitative estimate of drug-likeness (QED) is 0.254. The van der Waals surface area contributed by atoms with Crippen LogP contribution in [0.1, 0.15) is 64.9 Å². The highest BCUT2D eigenvalue weighted by Gasteiger charge is 2.63. The number of likely N-dealkylation sites (tertiary alicyclic amines) is 1. The Morgan fingerprint density at radius 3 is 2.56 bits per heavy atom. The lowest BCUT2D eigenvalue weighted by atomic mass is 9.70. The van der Waals surface area contributed by atoms with Gasteiger partial charge in [0.05, 0.1) is 0 Å². The van der Waals surface area contributed by atoms with E-state index in [1.54, 1.807) is 4.90 Å². The van der Waals surface area contributed by atoms with Crippen molar-refractivity contribution in [3.8, 4) is 11.5 Å². The number of nitrogens with zero attached hydrogens (tertiary/aromatic N) is 1. The number of esters is 1. The maximum absolute atomic E-state index is 13.1. The third-order valence-electron chi connectivity index (χ3n) is 9.39. The number of phenols is 2. The molecule has 1 heterocycles. The third-order valence-corrected chi connectivity index (χ3v) is 9.39. The molecule has 200 valence electrons. The van der Waals surface area contributed by atoms with Gasteiger partial charge in [0.1, 0.15) is 24.5 Å². The summed E-state index contributed by atoms with van der Waals surface area (Å²) >= 11 is 0. The SMILES string of the molecule is CC1(C)C2CC[C@]1(C)C(OC(=O)[C@@H]1CCCN1C(O)CCNC(=O)[C@H](O)Cc1ccc(O)c(O)c1)C2.